The van der Waals surface area contributed by atoms with Gasteiger partial charge in [0.2, 0.25) is 0 Å². The van der Waals surface area contributed by atoms with Crippen LogP contribution >= 0.6 is 11.6 Å². The summed E-state index contributed by atoms with van der Waals surface area (Å²) in [5, 5.41) is 26.3. The van der Waals surface area contributed by atoms with Gasteiger partial charge in [-0.25, -0.2) is 4.79 Å². The molecule has 1 rings (SSSR count). The number of urea groups is 1. The van der Waals surface area contributed by atoms with Crippen molar-refractivity contribution in [2.45, 2.75) is 45.1 Å². The molecule has 0 aliphatic heterocycles. The molecule has 0 fully saturated rings. The van der Waals surface area contributed by atoms with Crippen molar-refractivity contribution in [3.63, 3.8) is 0 Å². The van der Waals surface area contributed by atoms with Crippen molar-refractivity contribution < 1.29 is 14.8 Å². The van der Waals surface area contributed by atoms with E-state index in [9.17, 15) is 20.0 Å². The molecule has 0 saturated heterocycles. The Morgan fingerprint density at radius 1 is 1.35 bits per heavy atom. The fraction of sp³-hybridized carbons (Fsp3) is 0.533. The standard InChI is InChI=1S/C15H22ClN3O4/c1-3-7-15(21,8-4-2)10-17-14(20)18-13-6-5-11(19(22)23)9-12(13)16/h5-6,9,21H,3-4,7-8,10H2,1-2H3,(H2,17,18,20). The molecule has 1 aromatic rings. The molecule has 23 heavy (non-hydrogen) atoms. The summed E-state index contributed by atoms with van der Waals surface area (Å²) in [6, 6.07) is 3.27. The van der Waals surface area contributed by atoms with Gasteiger partial charge < -0.3 is 15.7 Å². The molecular formula is C15H22ClN3O4. The average Bonchev–Trinajstić information content (AvgIpc) is 2.48. The topological polar surface area (TPSA) is 104 Å². The first-order valence-corrected chi connectivity index (χ1v) is 7.90. The number of benzene rings is 1. The average molecular weight is 344 g/mol. The van der Waals surface area contributed by atoms with Gasteiger partial charge in [0.05, 0.1) is 21.2 Å². The Morgan fingerprint density at radius 3 is 2.43 bits per heavy atom. The zero-order chi connectivity index (χ0) is 17.5. The van der Waals surface area contributed by atoms with E-state index in [1.807, 2.05) is 13.8 Å². The van der Waals surface area contributed by atoms with Crippen LogP contribution in [0.15, 0.2) is 18.2 Å². The van der Waals surface area contributed by atoms with Crippen LogP contribution in [0, 0.1) is 10.1 Å². The van der Waals surface area contributed by atoms with Gasteiger partial charge in [-0.1, -0.05) is 38.3 Å². The molecule has 0 heterocycles. The number of hydrogen-bond donors (Lipinski definition) is 3. The first kappa shape index (κ1) is 19.2. The van der Waals surface area contributed by atoms with Crippen LogP contribution < -0.4 is 10.6 Å². The van der Waals surface area contributed by atoms with E-state index in [0.29, 0.717) is 12.8 Å². The third kappa shape index (κ3) is 6.03. The molecule has 1 aromatic carbocycles. The minimum Gasteiger partial charge on any atom is -0.388 e. The van der Waals surface area contributed by atoms with Gasteiger partial charge in [0.1, 0.15) is 0 Å². The molecule has 0 unspecified atom stereocenters. The second kappa shape index (κ2) is 8.69. The van der Waals surface area contributed by atoms with E-state index < -0.39 is 16.6 Å². The number of nitrogens with one attached hydrogen (secondary N) is 2. The fourth-order valence-corrected chi connectivity index (χ4v) is 2.58. The number of aliphatic hydroxyl groups is 1. The Balaban J connectivity index is 2.64. The predicted octanol–water partition coefficient (Wildman–Crippen LogP) is 3.70. The van der Waals surface area contributed by atoms with E-state index >= 15 is 0 Å². The molecule has 7 nitrogen and oxygen atoms in total. The van der Waals surface area contributed by atoms with E-state index in [-0.39, 0.29) is 22.9 Å². The highest BCUT2D eigenvalue weighted by atomic mass is 35.5. The van der Waals surface area contributed by atoms with E-state index in [1.165, 1.54) is 18.2 Å². The number of nitrogens with zero attached hydrogens (tertiary/aromatic N) is 1. The highest BCUT2D eigenvalue weighted by molar-refractivity contribution is 6.33. The first-order valence-electron chi connectivity index (χ1n) is 7.52. The SMILES string of the molecule is CCCC(O)(CCC)CNC(=O)Nc1ccc([N+](=O)[O-])cc1Cl. The lowest BCUT2D eigenvalue weighted by Crippen LogP contribution is -2.44. The van der Waals surface area contributed by atoms with Crippen LogP contribution in [0.3, 0.4) is 0 Å². The van der Waals surface area contributed by atoms with E-state index in [0.717, 1.165) is 12.8 Å². The van der Waals surface area contributed by atoms with Gasteiger partial charge in [-0.15, -0.1) is 0 Å². The predicted molar refractivity (Wildman–Crippen MR) is 89.9 cm³/mol. The number of rotatable bonds is 8. The summed E-state index contributed by atoms with van der Waals surface area (Å²) in [6.45, 7) is 4.07. The van der Waals surface area contributed by atoms with Crippen molar-refractivity contribution in [2.75, 3.05) is 11.9 Å². The minimum absolute atomic E-state index is 0.0757. The van der Waals surface area contributed by atoms with Crippen molar-refractivity contribution in [3.8, 4) is 0 Å². The molecule has 3 N–H and O–H groups in total. The third-order valence-electron chi connectivity index (χ3n) is 3.42. The molecule has 0 aromatic heterocycles. The zero-order valence-corrected chi connectivity index (χ0v) is 14.0. The number of non-ortho nitro benzene ring substituents is 1. The second-order valence-corrected chi connectivity index (χ2v) is 5.86. The van der Waals surface area contributed by atoms with E-state index in [4.69, 9.17) is 11.6 Å². The monoisotopic (exact) mass is 343 g/mol. The lowest BCUT2D eigenvalue weighted by atomic mass is 9.93. The summed E-state index contributed by atoms with van der Waals surface area (Å²) in [6.07, 6.45) is 2.82. The maximum absolute atomic E-state index is 11.9. The molecule has 2 amide bonds. The highest BCUT2D eigenvalue weighted by Gasteiger charge is 2.25. The van der Waals surface area contributed by atoms with Crippen molar-refractivity contribution in [3.05, 3.63) is 33.3 Å². The fourth-order valence-electron chi connectivity index (χ4n) is 2.36. The maximum atomic E-state index is 11.9. The van der Waals surface area contributed by atoms with E-state index in [1.54, 1.807) is 0 Å². The summed E-state index contributed by atoms with van der Waals surface area (Å²) in [4.78, 5) is 22.0. The number of halogens is 1. The van der Waals surface area contributed by atoms with Crippen molar-refractivity contribution in [1.29, 1.82) is 0 Å². The van der Waals surface area contributed by atoms with Crippen LogP contribution in [0.2, 0.25) is 5.02 Å². The Kier molecular flexibility index (Phi) is 7.25. The van der Waals surface area contributed by atoms with Crippen LogP contribution in [0.5, 0.6) is 0 Å². The van der Waals surface area contributed by atoms with Gasteiger partial charge >= 0.3 is 6.03 Å². The third-order valence-corrected chi connectivity index (χ3v) is 3.73. The summed E-state index contributed by atoms with van der Waals surface area (Å²) < 4.78 is 0. The Labute approximate surface area is 140 Å². The number of nitro benzene ring substituents is 1. The van der Waals surface area contributed by atoms with Gasteiger partial charge in [-0.3, -0.25) is 10.1 Å². The van der Waals surface area contributed by atoms with Crippen LogP contribution in [-0.2, 0) is 0 Å². The normalized spacial score (nSPS) is 11.1. The van der Waals surface area contributed by atoms with Gasteiger partial charge in [0, 0.05) is 18.7 Å². The molecule has 0 radical (unpaired) electrons. The van der Waals surface area contributed by atoms with Crippen LogP contribution in [0.25, 0.3) is 0 Å². The molecule has 0 bridgehead atoms. The first-order chi connectivity index (χ1) is 10.8. The molecular weight excluding hydrogens is 322 g/mol. The Bertz CT molecular complexity index is 560. The number of hydrogen-bond acceptors (Lipinski definition) is 4. The van der Waals surface area contributed by atoms with Crippen molar-refractivity contribution >= 4 is 29.0 Å². The molecule has 0 spiro atoms. The summed E-state index contributed by atoms with van der Waals surface area (Å²) in [5.74, 6) is 0. The molecule has 0 saturated carbocycles. The molecule has 0 aliphatic carbocycles. The van der Waals surface area contributed by atoms with Gasteiger partial charge in [0.25, 0.3) is 5.69 Å². The number of nitro groups is 1. The lowest BCUT2D eigenvalue weighted by Gasteiger charge is -2.27. The molecule has 8 heteroatoms. The number of carbonyl (C=O) groups is 1. The van der Waals surface area contributed by atoms with Gasteiger partial charge in [0.15, 0.2) is 0 Å². The Hall–Kier alpha value is -1.86. The van der Waals surface area contributed by atoms with Crippen LogP contribution in [0.1, 0.15) is 39.5 Å². The number of amides is 2. The molecule has 128 valence electrons. The summed E-state index contributed by atoms with van der Waals surface area (Å²) in [5.41, 5.74) is -0.814. The quantitative estimate of drug-likeness (QED) is 0.494. The van der Waals surface area contributed by atoms with Crippen molar-refractivity contribution in [1.82, 2.24) is 5.32 Å². The summed E-state index contributed by atoms with van der Waals surface area (Å²) >= 11 is 5.91. The molecule has 0 atom stereocenters. The summed E-state index contributed by atoms with van der Waals surface area (Å²) in [7, 11) is 0. The van der Waals surface area contributed by atoms with E-state index in [2.05, 4.69) is 10.6 Å². The van der Waals surface area contributed by atoms with Crippen LogP contribution in [0.4, 0.5) is 16.2 Å². The van der Waals surface area contributed by atoms with Crippen molar-refractivity contribution in [2.24, 2.45) is 0 Å². The second-order valence-electron chi connectivity index (χ2n) is 5.45. The maximum Gasteiger partial charge on any atom is 0.319 e. The Morgan fingerprint density at radius 2 is 1.96 bits per heavy atom. The van der Waals surface area contributed by atoms with Gasteiger partial charge in [-0.2, -0.15) is 0 Å². The lowest BCUT2D eigenvalue weighted by molar-refractivity contribution is -0.384. The van der Waals surface area contributed by atoms with Crippen LogP contribution in [-0.4, -0.2) is 28.2 Å². The molecule has 0 aliphatic rings. The smallest absolute Gasteiger partial charge is 0.319 e. The zero-order valence-electron chi connectivity index (χ0n) is 13.3. The number of carbonyl (C=O) groups excluding carboxylic acids is 1. The minimum atomic E-state index is -0.930. The highest BCUT2D eigenvalue weighted by Crippen LogP contribution is 2.26. The van der Waals surface area contributed by atoms with Gasteiger partial charge in [-0.05, 0) is 18.9 Å². The number of anilines is 1. The largest absolute Gasteiger partial charge is 0.388 e.